The summed E-state index contributed by atoms with van der Waals surface area (Å²) in [5.74, 6) is -0.973. The number of benzene rings is 2. The molecule has 45 heavy (non-hydrogen) atoms. The van der Waals surface area contributed by atoms with Gasteiger partial charge in [0, 0.05) is 24.1 Å². The molecule has 1 aromatic heterocycles. The van der Waals surface area contributed by atoms with E-state index in [4.69, 9.17) is 27.9 Å². The van der Waals surface area contributed by atoms with Gasteiger partial charge in [0.1, 0.15) is 16.4 Å². The molecule has 1 atom stereocenters. The van der Waals surface area contributed by atoms with E-state index in [2.05, 4.69) is 9.82 Å². The summed E-state index contributed by atoms with van der Waals surface area (Å²) in [4.78, 5) is 25.7. The lowest BCUT2D eigenvalue weighted by Crippen LogP contribution is -2.50. The molecular formula is C25H21Cl2F2N5O8S3. The van der Waals surface area contributed by atoms with E-state index in [1.54, 1.807) is 10.4 Å². The summed E-state index contributed by atoms with van der Waals surface area (Å²) >= 11 is 13.9. The zero-order valence-electron chi connectivity index (χ0n) is 22.5. The van der Waals surface area contributed by atoms with E-state index >= 15 is 0 Å². The number of sulfonamides is 2. The summed E-state index contributed by atoms with van der Waals surface area (Å²) < 4.78 is 89.4. The van der Waals surface area contributed by atoms with E-state index < -0.39 is 64.8 Å². The van der Waals surface area contributed by atoms with E-state index in [0.29, 0.717) is 22.4 Å². The number of thioether (sulfide) groups is 1. The van der Waals surface area contributed by atoms with Crippen molar-refractivity contribution in [2.75, 3.05) is 13.1 Å². The molecule has 3 N–H and O–H groups in total. The molecule has 0 spiro atoms. The van der Waals surface area contributed by atoms with Crippen LogP contribution in [0.25, 0.3) is 5.69 Å². The molecule has 0 bridgehead atoms. The maximum atomic E-state index is 13.6. The van der Waals surface area contributed by atoms with Crippen LogP contribution in [0.4, 0.5) is 8.78 Å². The lowest BCUT2D eigenvalue weighted by molar-refractivity contribution is 0.141. The molecule has 1 aliphatic carbocycles. The second-order valence-electron chi connectivity index (χ2n) is 10.4. The van der Waals surface area contributed by atoms with E-state index in [-0.39, 0.29) is 46.7 Å². The molecule has 0 unspecified atom stereocenters. The Balaban J connectivity index is 1.28. The topological polar surface area (TPSA) is 181 Å². The van der Waals surface area contributed by atoms with Crippen molar-refractivity contribution in [2.45, 2.75) is 41.4 Å². The molecule has 2 aromatic carbocycles. The number of halogens is 4. The summed E-state index contributed by atoms with van der Waals surface area (Å²) in [5.41, 5.74) is -5.11. The number of aromatic hydroxyl groups is 1. The molecule has 6 rings (SSSR count). The monoisotopic (exact) mass is 723 g/mol. The van der Waals surface area contributed by atoms with Gasteiger partial charge >= 0.3 is 5.69 Å². The number of aromatic nitrogens is 3. The van der Waals surface area contributed by atoms with Crippen molar-refractivity contribution < 1.29 is 35.5 Å². The molecule has 2 fully saturated rings. The smallest absolute Gasteiger partial charge is 0.349 e. The Hall–Kier alpha value is -3.00. The van der Waals surface area contributed by atoms with E-state index in [1.165, 1.54) is 22.1 Å². The lowest BCUT2D eigenvalue weighted by Gasteiger charge is -2.28. The van der Waals surface area contributed by atoms with E-state index in [1.807, 2.05) is 0 Å². The molecule has 13 nitrogen and oxygen atoms in total. The van der Waals surface area contributed by atoms with Gasteiger partial charge < -0.3 is 9.84 Å². The van der Waals surface area contributed by atoms with Gasteiger partial charge in [0.25, 0.3) is 12.0 Å². The summed E-state index contributed by atoms with van der Waals surface area (Å²) in [5, 5.41) is 14.7. The summed E-state index contributed by atoms with van der Waals surface area (Å²) in [7, 11) is -8.02. The third-order valence-corrected chi connectivity index (χ3v) is 12.6. The van der Waals surface area contributed by atoms with Gasteiger partial charge in [-0.1, -0.05) is 35.0 Å². The Labute approximate surface area is 267 Å². The number of phenols is 1. The highest BCUT2D eigenvalue weighted by Gasteiger charge is 2.53. The fourth-order valence-electron chi connectivity index (χ4n) is 4.86. The van der Waals surface area contributed by atoms with Crippen LogP contribution in [0.3, 0.4) is 0 Å². The lowest BCUT2D eigenvalue weighted by atomic mass is 10.0. The summed E-state index contributed by atoms with van der Waals surface area (Å²) in [6.45, 7) is 0.0377. The Kier molecular flexibility index (Phi) is 8.07. The number of nitrogens with zero attached hydrogens (tertiary/aromatic N) is 3. The first kappa shape index (κ1) is 32.0. The van der Waals surface area contributed by atoms with Gasteiger partial charge in [-0.2, -0.15) is 18.8 Å². The average Bonchev–Trinajstić information content (AvgIpc) is 3.88. The van der Waals surface area contributed by atoms with E-state index in [0.717, 1.165) is 24.3 Å². The van der Waals surface area contributed by atoms with Gasteiger partial charge in [0.2, 0.25) is 20.0 Å². The highest BCUT2D eigenvalue weighted by Crippen LogP contribution is 2.49. The number of aromatic amines is 1. The first-order valence-electron chi connectivity index (χ1n) is 13.0. The van der Waals surface area contributed by atoms with Crippen molar-refractivity contribution in [2.24, 2.45) is 0 Å². The van der Waals surface area contributed by atoms with Crippen LogP contribution in [0.1, 0.15) is 31.4 Å². The number of hydrogen-bond acceptors (Lipinski definition) is 10. The predicted octanol–water partition coefficient (Wildman–Crippen LogP) is 3.47. The van der Waals surface area contributed by atoms with Gasteiger partial charge in [0.05, 0.1) is 26.5 Å². The molecule has 3 heterocycles. The minimum absolute atomic E-state index is 0.0928. The third-order valence-electron chi connectivity index (χ3n) is 7.31. The summed E-state index contributed by atoms with van der Waals surface area (Å²) in [6.07, 6.45) is -1.96. The first-order chi connectivity index (χ1) is 21.1. The zero-order chi connectivity index (χ0) is 32.5. The molecule has 240 valence electrons. The predicted molar refractivity (Wildman–Crippen MR) is 160 cm³/mol. The minimum atomic E-state index is -4.47. The molecule has 1 saturated heterocycles. The Morgan fingerprint density at radius 1 is 1.13 bits per heavy atom. The molecular weight excluding hydrogens is 703 g/mol. The number of nitrogens with one attached hydrogen (secondary N) is 2. The number of ether oxygens (including phenoxy) is 1. The van der Waals surface area contributed by atoms with E-state index in [9.17, 15) is 40.3 Å². The van der Waals surface area contributed by atoms with Gasteiger partial charge in [-0.3, -0.25) is 9.78 Å². The average molecular weight is 725 g/mol. The van der Waals surface area contributed by atoms with Crippen LogP contribution in [-0.2, 0) is 20.0 Å². The van der Waals surface area contributed by atoms with Gasteiger partial charge in [-0.25, -0.2) is 30.4 Å². The molecule has 0 radical (unpaired) electrons. The molecule has 3 aromatic rings. The normalized spacial score (nSPS) is 20.4. The molecule has 0 amide bonds. The number of phenolic OH excluding ortho intramolecular Hbond substituents is 1. The van der Waals surface area contributed by atoms with Gasteiger partial charge in [-0.15, -0.1) is 0 Å². The highest BCUT2D eigenvalue weighted by molar-refractivity contribution is 8.12. The van der Waals surface area contributed by atoms with Crippen LogP contribution in [0.15, 0.2) is 55.1 Å². The fraction of sp³-hybridized carbons (Fsp3) is 0.320. The van der Waals surface area contributed by atoms with Gasteiger partial charge in [-0.05, 0) is 48.9 Å². The second kappa shape index (κ2) is 11.4. The number of rotatable bonds is 10. The second-order valence-corrected chi connectivity index (χ2v) is 16.0. The quantitative estimate of drug-likeness (QED) is 0.280. The maximum absolute atomic E-state index is 13.6. The van der Waals surface area contributed by atoms with Crippen LogP contribution in [-0.4, -0.2) is 64.9 Å². The van der Waals surface area contributed by atoms with Crippen molar-refractivity contribution in [1.82, 2.24) is 23.8 Å². The van der Waals surface area contributed by atoms with Gasteiger partial charge in [0.15, 0.2) is 11.4 Å². The number of alkyl halides is 2. The number of hydrogen-bond donors (Lipinski definition) is 3. The zero-order valence-corrected chi connectivity index (χ0v) is 26.5. The SMILES string of the molecule is O=c1[nH]c(=O)n(-c2cc(Cl)c(Oc3ccc(O)c(S(=O)(=O)N[C@]4(C5=CS5)CCN(S(=O)(=O)C5CC5)C4)c3)c(Cl)c2)nc1C(F)F. The number of H-pyrrole nitrogens is 1. The Morgan fingerprint density at radius 3 is 2.40 bits per heavy atom. The standard InChI is InChI=1S/C25H21Cl2F2N5O8S3/c26-15-7-12(34-24(37)30-23(36)20(31-34)22(28)29)8-16(27)21(15)42-13-1-4-17(35)18(9-13)44(38,39)32-25(19-10-43-19)5-6-33(11-25)45(40,41)14-2-3-14/h1,4,7-10,14,22,32,35H,2-3,5-6,11H2,(H,30,36,37)/t25-/m1/s1. The van der Waals surface area contributed by atoms with Crippen LogP contribution < -0.4 is 20.7 Å². The Morgan fingerprint density at radius 2 is 1.80 bits per heavy atom. The third kappa shape index (κ3) is 6.11. The first-order valence-corrected chi connectivity index (χ1v) is 17.7. The maximum Gasteiger partial charge on any atom is 0.349 e. The molecule has 3 aliphatic rings. The summed E-state index contributed by atoms with van der Waals surface area (Å²) in [6, 6.07) is 5.49. The van der Waals surface area contributed by atoms with Crippen molar-refractivity contribution in [3.05, 3.63) is 77.2 Å². The fourth-order valence-corrected chi connectivity index (χ4v) is 9.62. The van der Waals surface area contributed by atoms with Crippen molar-refractivity contribution >= 4 is 55.0 Å². The van der Waals surface area contributed by atoms with Crippen LogP contribution in [0.5, 0.6) is 17.2 Å². The molecule has 20 heteroatoms. The minimum Gasteiger partial charge on any atom is -0.507 e. The van der Waals surface area contributed by atoms with Crippen LogP contribution >= 0.6 is 35.0 Å². The van der Waals surface area contributed by atoms with Crippen molar-refractivity contribution in [3.8, 4) is 22.9 Å². The van der Waals surface area contributed by atoms with Crippen LogP contribution in [0.2, 0.25) is 10.0 Å². The molecule has 2 aliphatic heterocycles. The van der Waals surface area contributed by atoms with Crippen molar-refractivity contribution in [3.63, 3.8) is 0 Å². The Bertz CT molecular complexity index is 2080. The highest BCUT2D eigenvalue weighted by atomic mass is 35.5. The largest absolute Gasteiger partial charge is 0.507 e. The molecule has 1 saturated carbocycles. The van der Waals surface area contributed by atoms with Crippen molar-refractivity contribution in [1.29, 1.82) is 0 Å². The van der Waals surface area contributed by atoms with Crippen LogP contribution in [0, 0.1) is 0 Å².